The number of aryl methyl sites for hydroxylation is 2. The fourth-order valence-corrected chi connectivity index (χ4v) is 4.22. The molecule has 2 aliphatic rings. The zero-order valence-corrected chi connectivity index (χ0v) is 14.4. The van der Waals surface area contributed by atoms with E-state index >= 15 is 0 Å². The lowest BCUT2D eigenvalue weighted by Gasteiger charge is -2.24. The molecule has 2 atom stereocenters. The van der Waals surface area contributed by atoms with Crippen molar-refractivity contribution in [3.05, 3.63) is 34.5 Å². The lowest BCUT2D eigenvalue weighted by molar-refractivity contribution is 0.0769. The first-order valence-corrected chi connectivity index (χ1v) is 8.46. The van der Waals surface area contributed by atoms with E-state index < -0.39 is 0 Å². The summed E-state index contributed by atoms with van der Waals surface area (Å²) in [6.45, 7) is 4.77. The van der Waals surface area contributed by atoms with Crippen LogP contribution in [0.25, 0.3) is 0 Å². The van der Waals surface area contributed by atoms with E-state index in [9.17, 15) is 4.79 Å². The SMILES string of the molecule is Cc1ncc(Cl)c(C(=O)N2C[C@@H]3CCC[C@]3(c3nnc(C)o3)C2)n1. The Morgan fingerprint density at radius 1 is 1.42 bits per heavy atom. The maximum absolute atomic E-state index is 12.9. The van der Waals surface area contributed by atoms with Crippen molar-refractivity contribution in [1.29, 1.82) is 0 Å². The fraction of sp³-hybridized carbons (Fsp3) is 0.562. The van der Waals surface area contributed by atoms with Crippen LogP contribution in [-0.2, 0) is 5.41 Å². The van der Waals surface area contributed by atoms with Gasteiger partial charge in [0.1, 0.15) is 5.82 Å². The van der Waals surface area contributed by atoms with Gasteiger partial charge in [0.15, 0.2) is 5.69 Å². The monoisotopic (exact) mass is 347 g/mol. The van der Waals surface area contributed by atoms with Crippen LogP contribution >= 0.6 is 11.6 Å². The van der Waals surface area contributed by atoms with Crippen LogP contribution in [0.5, 0.6) is 0 Å². The van der Waals surface area contributed by atoms with E-state index in [1.807, 2.05) is 4.90 Å². The Kier molecular flexibility index (Phi) is 3.56. The van der Waals surface area contributed by atoms with E-state index in [-0.39, 0.29) is 22.0 Å². The van der Waals surface area contributed by atoms with Crippen LogP contribution in [-0.4, -0.2) is 44.1 Å². The minimum atomic E-state index is -0.231. The summed E-state index contributed by atoms with van der Waals surface area (Å²) in [6, 6.07) is 0. The largest absolute Gasteiger partial charge is 0.425 e. The van der Waals surface area contributed by atoms with Gasteiger partial charge in [-0.05, 0) is 25.7 Å². The third kappa shape index (κ3) is 2.30. The average Bonchev–Trinajstić information content (AvgIpc) is 3.22. The number of hydrogen-bond donors (Lipinski definition) is 0. The average molecular weight is 348 g/mol. The molecule has 3 heterocycles. The van der Waals surface area contributed by atoms with Crippen molar-refractivity contribution in [3.63, 3.8) is 0 Å². The summed E-state index contributed by atoms with van der Waals surface area (Å²) in [5.74, 6) is 1.93. The number of carbonyl (C=O) groups excluding carboxylic acids is 1. The molecule has 126 valence electrons. The smallest absolute Gasteiger partial charge is 0.274 e. The Balaban J connectivity index is 1.65. The van der Waals surface area contributed by atoms with Crippen molar-refractivity contribution in [2.24, 2.45) is 5.92 Å². The predicted octanol–water partition coefficient (Wildman–Crippen LogP) is 2.32. The van der Waals surface area contributed by atoms with Crippen LogP contribution in [0.4, 0.5) is 0 Å². The maximum atomic E-state index is 12.9. The first kappa shape index (κ1) is 15.5. The van der Waals surface area contributed by atoms with Crippen molar-refractivity contribution in [2.45, 2.75) is 38.5 Å². The summed E-state index contributed by atoms with van der Waals surface area (Å²) < 4.78 is 5.74. The number of likely N-dealkylation sites (tertiary alicyclic amines) is 1. The number of amides is 1. The number of carbonyl (C=O) groups is 1. The van der Waals surface area contributed by atoms with Crippen LogP contribution in [0.1, 0.15) is 47.4 Å². The van der Waals surface area contributed by atoms with Crippen LogP contribution in [0.2, 0.25) is 5.02 Å². The standard InChI is InChI=1S/C16H18ClN5O2/c1-9-18-6-12(17)13(19-9)14(23)22-7-11-4-3-5-16(11,8-22)15-21-20-10(2)24-15/h6,11H,3-5,7-8H2,1-2H3/t11-,16-/m0/s1. The summed E-state index contributed by atoms with van der Waals surface area (Å²) in [7, 11) is 0. The Hall–Kier alpha value is -2.02. The number of aromatic nitrogens is 4. The molecule has 1 saturated heterocycles. The van der Waals surface area contributed by atoms with Crippen molar-refractivity contribution in [1.82, 2.24) is 25.1 Å². The molecule has 0 radical (unpaired) electrons. The van der Waals surface area contributed by atoms with Crippen molar-refractivity contribution >= 4 is 17.5 Å². The molecule has 0 unspecified atom stereocenters. The molecule has 4 rings (SSSR count). The molecule has 1 aliphatic carbocycles. The first-order chi connectivity index (χ1) is 11.5. The Labute approximate surface area is 144 Å². The van der Waals surface area contributed by atoms with Crippen LogP contribution < -0.4 is 0 Å². The molecule has 2 aromatic rings. The second kappa shape index (κ2) is 5.51. The van der Waals surface area contributed by atoms with E-state index in [0.717, 1.165) is 19.3 Å². The topological polar surface area (TPSA) is 85.0 Å². The number of halogens is 1. The highest BCUT2D eigenvalue weighted by Gasteiger charge is 2.55. The second-order valence-electron chi connectivity index (χ2n) is 6.67. The zero-order chi connectivity index (χ0) is 16.9. The summed E-state index contributed by atoms with van der Waals surface area (Å²) in [4.78, 5) is 23.0. The van der Waals surface area contributed by atoms with Gasteiger partial charge >= 0.3 is 0 Å². The summed E-state index contributed by atoms with van der Waals surface area (Å²) in [6.07, 6.45) is 4.61. The molecular weight excluding hydrogens is 330 g/mol. The molecule has 0 N–H and O–H groups in total. The van der Waals surface area contributed by atoms with Gasteiger partial charge in [-0.2, -0.15) is 0 Å². The van der Waals surface area contributed by atoms with E-state index in [0.29, 0.717) is 36.6 Å². The van der Waals surface area contributed by atoms with Gasteiger partial charge in [-0.15, -0.1) is 10.2 Å². The molecule has 1 aliphatic heterocycles. The Morgan fingerprint density at radius 2 is 2.25 bits per heavy atom. The molecule has 0 spiro atoms. The number of nitrogens with zero attached hydrogens (tertiary/aromatic N) is 5. The van der Waals surface area contributed by atoms with Gasteiger partial charge in [-0.3, -0.25) is 4.79 Å². The molecule has 1 amide bonds. The Morgan fingerprint density at radius 3 is 3.00 bits per heavy atom. The number of rotatable bonds is 2. The Bertz CT molecular complexity index is 808. The molecule has 24 heavy (non-hydrogen) atoms. The van der Waals surface area contributed by atoms with Crippen molar-refractivity contribution < 1.29 is 9.21 Å². The molecule has 2 aromatic heterocycles. The quantitative estimate of drug-likeness (QED) is 0.828. The summed E-state index contributed by atoms with van der Waals surface area (Å²) in [5.41, 5.74) is 0.0341. The van der Waals surface area contributed by atoms with Gasteiger partial charge in [0.25, 0.3) is 5.91 Å². The van der Waals surface area contributed by atoms with E-state index in [1.54, 1.807) is 13.8 Å². The lowest BCUT2D eigenvalue weighted by atomic mass is 9.80. The normalized spacial score (nSPS) is 26.0. The van der Waals surface area contributed by atoms with Crippen molar-refractivity contribution in [3.8, 4) is 0 Å². The third-order valence-electron chi connectivity index (χ3n) is 5.18. The zero-order valence-electron chi connectivity index (χ0n) is 13.6. The maximum Gasteiger partial charge on any atom is 0.274 e. The van der Waals surface area contributed by atoms with Gasteiger partial charge in [0, 0.05) is 20.0 Å². The molecule has 8 heteroatoms. The molecular formula is C16H18ClN5O2. The van der Waals surface area contributed by atoms with Gasteiger partial charge in [0.05, 0.1) is 16.6 Å². The lowest BCUT2D eigenvalue weighted by Crippen LogP contribution is -2.35. The van der Waals surface area contributed by atoms with Crippen molar-refractivity contribution in [2.75, 3.05) is 13.1 Å². The minimum absolute atomic E-state index is 0.157. The number of hydrogen-bond acceptors (Lipinski definition) is 6. The summed E-state index contributed by atoms with van der Waals surface area (Å²) >= 11 is 6.13. The third-order valence-corrected chi connectivity index (χ3v) is 5.45. The fourth-order valence-electron chi connectivity index (χ4n) is 4.05. The van der Waals surface area contributed by atoms with Crippen LogP contribution in [0.3, 0.4) is 0 Å². The van der Waals surface area contributed by atoms with E-state index in [1.165, 1.54) is 6.20 Å². The van der Waals surface area contributed by atoms with Gasteiger partial charge in [-0.1, -0.05) is 18.0 Å². The summed E-state index contributed by atoms with van der Waals surface area (Å²) in [5, 5.41) is 8.51. The van der Waals surface area contributed by atoms with Gasteiger partial charge in [0.2, 0.25) is 11.8 Å². The highest BCUT2D eigenvalue weighted by molar-refractivity contribution is 6.33. The van der Waals surface area contributed by atoms with E-state index in [4.69, 9.17) is 16.0 Å². The number of fused-ring (bicyclic) bond motifs is 1. The molecule has 0 bridgehead atoms. The highest BCUT2D eigenvalue weighted by atomic mass is 35.5. The molecule has 0 aromatic carbocycles. The molecule has 2 fully saturated rings. The minimum Gasteiger partial charge on any atom is -0.425 e. The first-order valence-electron chi connectivity index (χ1n) is 8.08. The van der Waals surface area contributed by atoms with Gasteiger partial charge < -0.3 is 9.32 Å². The highest BCUT2D eigenvalue weighted by Crippen LogP contribution is 2.50. The van der Waals surface area contributed by atoms with Crippen LogP contribution in [0.15, 0.2) is 10.6 Å². The molecule has 1 saturated carbocycles. The second-order valence-corrected chi connectivity index (χ2v) is 7.08. The predicted molar refractivity (Wildman–Crippen MR) is 85.7 cm³/mol. The van der Waals surface area contributed by atoms with Gasteiger partial charge in [-0.25, -0.2) is 9.97 Å². The van der Waals surface area contributed by atoms with E-state index in [2.05, 4.69) is 20.2 Å². The molecule has 7 nitrogen and oxygen atoms in total. The van der Waals surface area contributed by atoms with Crippen LogP contribution in [0, 0.1) is 19.8 Å².